The number of nitrogens with one attached hydrogen (secondary N) is 1. The van der Waals surface area contributed by atoms with E-state index in [9.17, 15) is 14.4 Å². The normalized spacial score (nSPS) is 17.7. The maximum absolute atomic E-state index is 13.5. The summed E-state index contributed by atoms with van der Waals surface area (Å²) in [5, 5.41) is 3.32. The predicted molar refractivity (Wildman–Crippen MR) is 139 cm³/mol. The number of methoxy groups -OCH3 is 1. The van der Waals surface area contributed by atoms with E-state index in [0.717, 1.165) is 37.8 Å². The van der Waals surface area contributed by atoms with Crippen LogP contribution in [0.3, 0.4) is 0 Å². The van der Waals surface area contributed by atoms with Gasteiger partial charge in [0.2, 0.25) is 5.91 Å². The van der Waals surface area contributed by atoms with Gasteiger partial charge in [-0.15, -0.1) is 0 Å². The summed E-state index contributed by atoms with van der Waals surface area (Å²) in [6.07, 6.45) is 5.00. The Morgan fingerprint density at radius 3 is 2.81 bits per heavy atom. The number of esters is 1. The summed E-state index contributed by atoms with van der Waals surface area (Å²) in [7, 11) is 1.31. The number of aromatic nitrogens is 2. The third-order valence-electron chi connectivity index (χ3n) is 6.77. The average molecular weight is 508 g/mol. The van der Waals surface area contributed by atoms with Crippen molar-refractivity contribution in [2.75, 3.05) is 19.0 Å². The second-order valence-electron chi connectivity index (χ2n) is 9.26. The van der Waals surface area contributed by atoms with Crippen LogP contribution in [0.25, 0.3) is 10.9 Å². The molecule has 3 aromatic rings. The Labute approximate surface area is 213 Å². The molecule has 1 amide bonds. The molecule has 0 unspecified atom stereocenters. The van der Waals surface area contributed by atoms with Gasteiger partial charge in [0.1, 0.15) is 0 Å². The first-order chi connectivity index (χ1) is 17.4. The number of nitrogens with zero attached hydrogens (tertiary/aromatic N) is 2. The Balaban J connectivity index is 1.44. The van der Waals surface area contributed by atoms with Crippen LogP contribution in [0, 0.1) is 0 Å². The molecule has 1 aliphatic carbocycles. The van der Waals surface area contributed by atoms with Gasteiger partial charge in [-0.25, -0.2) is 9.78 Å². The number of thioether (sulfide) groups is 1. The van der Waals surface area contributed by atoms with Crippen molar-refractivity contribution in [1.82, 2.24) is 9.55 Å². The van der Waals surface area contributed by atoms with Gasteiger partial charge in [0.25, 0.3) is 5.56 Å². The quantitative estimate of drug-likeness (QED) is 0.293. The van der Waals surface area contributed by atoms with E-state index in [0.29, 0.717) is 34.8 Å². The molecule has 2 aliphatic rings. The van der Waals surface area contributed by atoms with E-state index in [1.807, 2.05) is 12.1 Å². The first-order valence-electron chi connectivity index (χ1n) is 12.3. The Morgan fingerprint density at radius 2 is 2.03 bits per heavy atom. The fraction of sp³-hybridized carbons (Fsp3) is 0.407. The third kappa shape index (κ3) is 5.03. The van der Waals surface area contributed by atoms with E-state index in [1.54, 1.807) is 29.7 Å². The smallest absolute Gasteiger partial charge is 0.337 e. The molecular formula is C27H29N3O5S. The van der Waals surface area contributed by atoms with Crippen molar-refractivity contribution in [3.63, 3.8) is 0 Å². The average Bonchev–Trinajstić information content (AvgIpc) is 3.57. The van der Waals surface area contributed by atoms with Gasteiger partial charge >= 0.3 is 5.97 Å². The van der Waals surface area contributed by atoms with Crippen LogP contribution in [0.15, 0.2) is 46.3 Å². The maximum Gasteiger partial charge on any atom is 0.337 e. The van der Waals surface area contributed by atoms with Crippen LogP contribution < -0.4 is 10.9 Å². The molecule has 1 aliphatic heterocycles. The van der Waals surface area contributed by atoms with Gasteiger partial charge in [0.05, 0.1) is 41.5 Å². The van der Waals surface area contributed by atoms with E-state index in [4.69, 9.17) is 14.5 Å². The van der Waals surface area contributed by atoms with Crippen LogP contribution >= 0.6 is 11.8 Å². The molecule has 9 heteroatoms. The minimum atomic E-state index is -0.512. The first-order valence-corrected chi connectivity index (χ1v) is 13.1. The molecule has 188 valence electrons. The molecule has 8 nitrogen and oxygen atoms in total. The molecule has 1 N–H and O–H groups in total. The van der Waals surface area contributed by atoms with Crippen LogP contribution in [0.5, 0.6) is 0 Å². The molecule has 0 saturated carbocycles. The van der Waals surface area contributed by atoms with Gasteiger partial charge in [0, 0.05) is 12.3 Å². The van der Waals surface area contributed by atoms with E-state index in [2.05, 4.69) is 11.4 Å². The van der Waals surface area contributed by atoms with Crippen molar-refractivity contribution in [2.45, 2.75) is 62.1 Å². The van der Waals surface area contributed by atoms with Crippen molar-refractivity contribution >= 4 is 40.2 Å². The zero-order valence-corrected chi connectivity index (χ0v) is 21.2. The summed E-state index contributed by atoms with van der Waals surface area (Å²) in [5.74, 6) is -0.669. The second kappa shape index (κ2) is 10.4. The van der Waals surface area contributed by atoms with Gasteiger partial charge in [-0.05, 0) is 80.5 Å². The summed E-state index contributed by atoms with van der Waals surface area (Å²) in [6.45, 7) is 2.83. The number of anilines is 1. The molecule has 0 bridgehead atoms. The highest BCUT2D eigenvalue weighted by molar-refractivity contribution is 8.00. The minimum Gasteiger partial charge on any atom is -0.465 e. The zero-order valence-electron chi connectivity index (χ0n) is 20.4. The van der Waals surface area contributed by atoms with E-state index >= 15 is 0 Å². The van der Waals surface area contributed by atoms with Gasteiger partial charge in [0.15, 0.2) is 5.16 Å². The van der Waals surface area contributed by atoms with E-state index in [-0.39, 0.29) is 17.6 Å². The lowest BCUT2D eigenvalue weighted by molar-refractivity contribution is -0.115. The standard InChI is InChI=1S/C27H29N3O5S/c1-16(24(31)28-20-10-8-17-5-3-6-18(17)13-20)36-27-29-23-14-19(26(33)34-2)9-11-22(23)25(32)30(27)15-21-7-4-12-35-21/h8-11,13-14,16,21H,3-7,12,15H2,1-2H3,(H,28,31)/t16-,21-/m1/s1. The lowest BCUT2D eigenvalue weighted by Crippen LogP contribution is -2.30. The van der Waals surface area contributed by atoms with Crippen molar-refractivity contribution in [3.05, 3.63) is 63.4 Å². The third-order valence-corrected chi connectivity index (χ3v) is 7.86. The monoisotopic (exact) mass is 507 g/mol. The molecule has 1 fully saturated rings. The predicted octanol–water partition coefficient (Wildman–Crippen LogP) is 3.97. The Morgan fingerprint density at radius 1 is 1.19 bits per heavy atom. The summed E-state index contributed by atoms with van der Waals surface area (Å²) >= 11 is 1.22. The number of benzene rings is 2. The van der Waals surface area contributed by atoms with Gasteiger partial charge in [-0.3, -0.25) is 14.2 Å². The largest absolute Gasteiger partial charge is 0.465 e. The lowest BCUT2D eigenvalue weighted by Gasteiger charge is -2.19. The summed E-state index contributed by atoms with van der Waals surface area (Å²) in [4.78, 5) is 43.3. The van der Waals surface area contributed by atoms with Crippen LogP contribution in [0.2, 0.25) is 0 Å². The number of rotatable bonds is 7. The molecule has 36 heavy (non-hydrogen) atoms. The minimum absolute atomic E-state index is 0.0776. The van der Waals surface area contributed by atoms with Crippen LogP contribution in [0.1, 0.15) is 47.7 Å². The number of carbonyl (C=O) groups excluding carboxylic acids is 2. The fourth-order valence-corrected chi connectivity index (χ4v) is 5.71. The molecule has 0 spiro atoms. The lowest BCUT2D eigenvalue weighted by atomic mass is 10.1. The highest BCUT2D eigenvalue weighted by Crippen LogP contribution is 2.28. The van der Waals surface area contributed by atoms with E-state index in [1.165, 1.54) is 30.0 Å². The van der Waals surface area contributed by atoms with E-state index < -0.39 is 11.2 Å². The summed E-state index contributed by atoms with van der Waals surface area (Å²) in [6, 6.07) is 10.8. The number of hydrogen-bond acceptors (Lipinski definition) is 7. The first kappa shape index (κ1) is 24.5. The maximum atomic E-state index is 13.5. The van der Waals surface area contributed by atoms with Crippen LogP contribution in [0.4, 0.5) is 5.69 Å². The fourth-order valence-electron chi connectivity index (χ4n) is 4.79. The molecule has 2 aromatic carbocycles. The molecular weight excluding hydrogens is 478 g/mol. The Kier molecular flexibility index (Phi) is 7.11. The number of hydrogen-bond donors (Lipinski definition) is 1. The zero-order chi connectivity index (χ0) is 25.2. The highest BCUT2D eigenvalue weighted by atomic mass is 32.2. The number of amides is 1. The van der Waals surface area contributed by atoms with Crippen LogP contribution in [-0.4, -0.2) is 46.5 Å². The molecule has 5 rings (SSSR count). The number of ether oxygens (including phenoxy) is 2. The molecule has 2 heterocycles. The number of carbonyl (C=O) groups is 2. The number of aryl methyl sites for hydroxylation is 2. The highest BCUT2D eigenvalue weighted by Gasteiger charge is 2.24. The summed E-state index contributed by atoms with van der Waals surface area (Å²) in [5.41, 5.74) is 3.89. The van der Waals surface area contributed by atoms with Crippen LogP contribution in [-0.2, 0) is 33.7 Å². The van der Waals surface area contributed by atoms with Gasteiger partial charge < -0.3 is 14.8 Å². The Hall–Kier alpha value is -3.17. The SMILES string of the molecule is COC(=O)c1ccc2c(=O)n(C[C@H]3CCCO3)c(S[C@H](C)C(=O)Nc3ccc4c(c3)CCC4)nc2c1. The topological polar surface area (TPSA) is 99.5 Å². The summed E-state index contributed by atoms with van der Waals surface area (Å²) < 4.78 is 12.2. The molecule has 1 aromatic heterocycles. The van der Waals surface area contributed by atoms with Crippen molar-refractivity contribution in [2.24, 2.45) is 0 Å². The van der Waals surface area contributed by atoms with Crippen molar-refractivity contribution < 1.29 is 19.1 Å². The molecule has 2 atom stereocenters. The van der Waals surface area contributed by atoms with Gasteiger partial charge in [-0.1, -0.05) is 17.8 Å². The van der Waals surface area contributed by atoms with Crippen molar-refractivity contribution in [1.29, 1.82) is 0 Å². The number of fused-ring (bicyclic) bond motifs is 2. The Bertz CT molecular complexity index is 1380. The molecule has 1 saturated heterocycles. The second-order valence-corrected chi connectivity index (χ2v) is 10.6. The van der Waals surface area contributed by atoms with Crippen molar-refractivity contribution in [3.8, 4) is 0 Å². The van der Waals surface area contributed by atoms with Gasteiger partial charge in [-0.2, -0.15) is 0 Å². The molecule has 0 radical (unpaired) electrons.